The molecular weight excluding hydrogens is 230 g/mol. The van der Waals surface area contributed by atoms with Crippen molar-refractivity contribution in [1.82, 2.24) is 4.90 Å². The predicted octanol–water partition coefficient (Wildman–Crippen LogP) is 5.52. The van der Waals surface area contributed by atoms with E-state index in [1.165, 1.54) is 45.3 Å². The first kappa shape index (κ1) is 18.7. The standard InChI is InChI=1S/C16H31N.C2H6/c1-6-15-10-11-17(7-2)12-16(15)14(5)9-8-13(3)4;1-2/h13-14H,6-12H2,1-5H3;1-2H3. The number of hydrogen-bond donors (Lipinski definition) is 0. The summed E-state index contributed by atoms with van der Waals surface area (Å²) in [6.07, 6.45) is 5.31. The van der Waals surface area contributed by atoms with Crippen LogP contribution in [-0.4, -0.2) is 24.5 Å². The second-order valence-corrected chi connectivity index (χ2v) is 5.97. The van der Waals surface area contributed by atoms with Crippen LogP contribution in [0.1, 0.15) is 74.1 Å². The number of nitrogens with zero attached hydrogens (tertiary/aromatic N) is 1. The van der Waals surface area contributed by atoms with Gasteiger partial charge in [0, 0.05) is 13.1 Å². The molecule has 0 aromatic heterocycles. The zero-order valence-corrected chi connectivity index (χ0v) is 14.6. The van der Waals surface area contributed by atoms with Crippen molar-refractivity contribution in [3.8, 4) is 0 Å². The first-order chi connectivity index (χ1) is 9.08. The highest BCUT2D eigenvalue weighted by atomic mass is 15.1. The van der Waals surface area contributed by atoms with Gasteiger partial charge in [0.15, 0.2) is 0 Å². The highest BCUT2D eigenvalue weighted by molar-refractivity contribution is 5.21. The Morgan fingerprint density at radius 3 is 2.16 bits per heavy atom. The van der Waals surface area contributed by atoms with Crippen LogP contribution in [0.3, 0.4) is 0 Å². The summed E-state index contributed by atoms with van der Waals surface area (Å²) in [4.78, 5) is 2.60. The monoisotopic (exact) mass is 267 g/mol. The Kier molecular flexibility index (Phi) is 10.3. The molecule has 0 amide bonds. The van der Waals surface area contributed by atoms with Crippen molar-refractivity contribution >= 4 is 0 Å². The highest BCUT2D eigenvalue weighted by Gasteiger charge is 2.20. The van der Waals surface area contributed by atoms with Crippen LogP contribution in [-0.2, 0) is 0 Å². The van der Waals surface area contributed by atoms with Gasteiger partial charge in [0.2, 0.25) is 0 Å². The zero-order valence-electron chi connectivity index (χ0n) is 14.6. The van der Waals surface area contributed by atoms with Crippen LogP contribution < -0.4 is 0 Å². The summed E-state index contributed by atoms with van der Waals surface area (Å²) in [6.45, 7) is 19.4. The molecule has 1 rings (SSSR count). The molecule has 1 aliphatic rings. The molecule has 1 heteroatoms. The van der Waals surface area contributed by atoms with Crippen LogP contribution in [0.25, 0.3) is 0 Å². The molecule has 0 aromatic rings. The molecule has 0 aromatic carbocycles. The van der Waals surface area contributed by atoms with E-state index in [0.717, 1.165) is 11.8 Å². The minimum Gasteiger partial charge on any atom is -0.299 e. The smallest absolute Gasteiger partial charge is 0.0198 e. The summed E-state index contributed by atoms with van der Waals surface area (Å²) in [5, 5.41) is 0. The van der Waals surface area contributed by atoms with Gasteiger partial charge in [-0.15, -0.1) is 0 Å². The van der Waals surface area contributed by atoms with Gasteiger partial charge < -0.3 is 0 Å². The Bertz CT molecular complexity index is 252. The summed E-state index contributed by atoms with van der Waals surface area (Å²) >= 11 is 0. The molecule has 0 spiro atoms. The maximum atomic E-state index is 2.60. The van der Waals surface area contributed by atoms with Crippen LogP contribution in [0.4, 0.5) is 0 Å². The molecule has 0 saturated carbocycles. The van der Waals surface area contributed by atoms with E-state index in [0.29, 0.717) is 0 Å². The van der Waals surface area contributed by atoms with Gasteiger partial charge in [-0.05, 0) is 37.6 Å². The van der Waals surface area contributed by atoms with E-state index >= 15 is 0 Å². The molecule has 19 heavy (non-hydrogen) atoms. The molecule has 1 unspecified atom stereocenters. The minimum atomic E-state index is 0.793. The molecule has 1 aliphatic heterocycles. The topological polar surface area (TPSA) is 3.24 Å². The molecule has 0 bridgehead atoms. The second kappa shape index (κ2) is 10.5. The fourth-order valence-corrected chi connectivity index (χ4v) is 2.82. The molecule has 0 fully saturated rings. The van der Waals surface area contributed by atoms with Gasteiger partial charge in [-0.25, -0.2) is 0 Å². The highest BCUT2D eigenvalue weighted by Crippen LogP contribution is 2.29. The molecule has 114 valence electrons. The quantitative estimate of drug-likeness (QED) is 0.573. The van der Waals surface area contributed by atoms with Crippen LogP contribution in [0.2, 0.25) is 0 Å². The van der Waals surface area contributed by atoms with Crippen molar-refractivity contribution in [3.63, 3.8) is 0 Å². The van der Waals surface area contributed by atoms with Gasteiger partial charge in [-0.1, -0.05) is 66.0 Å². The summed E-state index contributed by atoms with van der Waals surface area (Å²) in [5.74, 6) is 1.63. The summed E-state index contributed by atoms with van der Waals surface area (Å²) < 4.78 is 0. The van der Waals surface area contributed by atoms with Gasteiger partial charge in [0.05, 0.1) is 0 Å². The molecule has 1 nitrogen and oxygen atoms in total. The molecule has 0 radical (unpaired) electrons. The Morgan fingerprint density at radius 1 is 1.05 bits per heavy atom. The lowest BCUT2D eigenvalue weighted by molar-refractivity contribution is 0.282. The Labute approximate surface area is 122 Å². The van der Waals surface area contributed by atoms with Crippen molar-refractivity contribution in [2.24, 2.45) is 11.8 Å². The Morgan fingerprint density at radius 2 is 1.68 bits per heavy atom. The largest absolute Gasteiger partial charge is 0.299 e. The van der Waals surface area contributed by atoms with Crippen LogP contribution in [0.15, 0.2) is 11.1 Å². The van der Waals surface area contributed by atoms with E-state index in [-0.39, 0.29) is 0 Å². The maximum Gasteiger partial charge on any atom is 0.0198 e. The predicted molar refractivity (Wildman–Crippen MR) is 88.6 cm³/mol. The molecule has 0 N–H and O–H groups in total. The van der Waals surface area contributed by atoms with E-state index in [1.807, 2.05) is 13.8 Å². The van der Waals surface area contributed by atoms with Crippen molar-refractivity contribution in [2.75, 3.05) is 19.6 Å². The van der Waals surface area contributed by atoms with Crippen molar-refractivity contribution in [1.29, 1.82) is 0 Å². The van der Waals surface area contributed by atoms with Gasteiger partial charge in [-0.2, -0.15) is 0 Å². The van der Waals surface area contributed by atoms with E-state index in [1.54, 1.807) is 11.1 Å². The third kappa shape index (κ3) is 6.61. The van der Waals surface area contributed by atoms with Gasteiger partial charge in [-0.3, -0.25) is 4.90 Å². The van der Waals surface area contributed by atoms with E-state index in [9.17, 15) is 0 Å². The Hall–Kier alpha value is -0.300. The lowest BCUT2D eigenvalue weighted by Gasteiger charge is -2.33. The van der Waals surface area contributed by atoms with E-state index in [4.69, 9.17) is 0 Å². The average molecular weight is 268 g/mol. The van der Waals surface area contributed by atoms with E-state index < -0.39 is 0 Å². The first-order valence-electron chi connectivity index (χ1n) is 8.51. The normalized spacial score (nSPS) is 18.3. The molecule has 1 heterocycles. The maximum absolute atomic E-state index is 2.60. The van der Waals surface area contributed by atoms with Crippen molar-refractivity contribution in [3.05, 3.63) is 11.1 Å². The van der Waals surface area contributed by atoms with Gasteiger partial charge in [0.25, 0.3) is 0 Å². The van der Waals surface area contributed by atoms with Crippen molar-refractivity contribution in [2.45, 2.75) is 74.1 Å². The summed E-state index contributed by atoms with van der Waals surface area (Å²) in [5.41, 5.74) is 3.52. The van der Waals surface area contributed by atoms with Crippen molar-refractivity contribution < 1.29 is 0 Å². The van der Waals surface area contributed by atoms with Crippen LogP contribution >= 0.6 is 0 Å². The first-order valence-corrected chi connectivity index (χ1v) is 8.51. The third-order valence-electron chi connectivity index (χ3n) is 4.22. The number of rotatable bonds is 6. The number of hydrogen-bond acceptors (Lipinski definition) is 1. The Balaban J connectivity index is 0.00000154. The van der Waals surface area contributed by atoms with Crippen LogP contribution in [0, 0.1) is 11.8 Å². The average Bonchev–Trinajstić information content (AvgIpc) is 2.46. The molecular formula is C18H37N. The molecule has 0 aliphatic carbocycles. The summed E-state index contributed by atoms with van der Waals surface area (Å²) in [7, 11) is 0. The van der Waals surface area contributed by atoms with Gasteiger partial charge in [0.1, 0.15) is 0 Å². The molecule has 1 atom stereocenters. The van der Waals surface area contributed by atoms with Gasteiger partial charge >= 0.3 is 0 Å². The second-order valence-electron chi connectivity index (χ2n) is 5.97. The lowest BCUT2D eigenvalue weighted by Crippen LogP contribution is -2.33. The fraction of sp³-hybridized carbons (Fsp3) is 0.889. The third-order valence-corrected chi connectivity index (χ3v) is 4.22. The zero-order chi connectivity index (χ0) is 14.8. The van der Waals surface area contributed by atoms with E-state index in [2.05, 4.69) is 39.5 Å². The minimum absolute atomic E-state index is 0.793. The molecule has 0 saturated heterocycles. The summed E-state index contributed by atoms with van der Waals surface area (Å²) in [6, 6.07) is 0. The lowest BCUT2D eigenvalue weighted by atomic mass is 9.85. The SMILES string of the molecule is CC.CCC1=C(C(C)CCC(C)C)CN(CC)CC1. The fourth-order valence-electron chi connectivity index (χ4n) is 2.82. The number of likely N-dealkylation sites (N-methyl/N-ethyl adjacent to an activating group) is 1. The van der Waals surface area contributed by atoms with Crippen LogP contribution in [0.5, 0.6) is 0 Å².